The molecule has 2 rings (SSSR count). The average Bonchev–Trinajstić information content (AvgIpc) is 2.33. The summed E-state index contributed by atoms with van der Waals surface area (Å²) in [6.07, 6.45) is 1.48. The van der Waals surface area contributed by atoms with Gasteiger partial charge in [-0.25, -0.2) is 4.39 Å². The molecule has 0 saturated carbocycles. The highest BCUT2D eigenvalue weighted by Crippen LogP contribution is 2.19. The van der Waals surface area contributed by atoms with Gasteiger partial charge in [-0.3, -0.25) is 9.78 Å². The van der Waals surface area contributed by atoms with Gasteiger partial charge in [-0.15, -0.1) is 0 Å². The Balaban J connectivity index is 2.18. The number of hydrogen-bond donors (Lipinski definition) is 2. The third kappa shape index (κ3) is 2.63. The number of nitrogens with one attached hydrogen (secondary N) is 1. The van der Waals surface area contributed by atoms with Gasteiger partial charge >= 0.3 is 0 Å². The Labute approximate surface area is 104 Å². The minimum Gasteiger partial charge on any atom is -0.397 e. The maximum atomic E-state index is 12.8. The molecule has 0 fully saturated rings. The first-order chi connectivity index (χ1) is 8.56. The standard InChI is InChI=1S/C13H12FN3O/c1-8-2-3-9(7-16-8)13(18)17-12-5-4-10(14)6-11(12)15/h2-7H,15H2,1H3,(H,17,18). The summed E-state index contributed by atoms with van der Waals surface area (Å²) < 4.78 is 12.8. The zero-order chi connectivity index (χ0) is 13.1. The number of halogens is 1. The average molecular weight is 245 g/mol. The third-order valence-corrected chi connectivity index (χ3v) is 2.44. The van der Waals surface area contributed by atoms with Crippen molar-refractivity contribution in [1.82, 2.24) is 4.98 Å². The smallest absolute Gasteiger partial charge is 0.257 e. The monoisotopic (exact) mass is 245 g/mol. The molecule has 3 N–H and O–H groups in total. The Morgan fingerprint density at radius 2 is 2.11 bits per heavy atom. The van der Waals surface area contributed by atoms with E-state index in [4.69, 9.17) is 5.73 Å². The fraction of sp³-hybridized carbons (Fsp3) is 0.0769. The highest BCUT2D eigenvalue weighted by Gasteiger charge is 2.08. The molecular weight excluding hydrogens is 233 g/mol. The lowest BCUT2D eigenvalue weighted by molar-refractivity contribution is 0.102. The van der Waals surface area contributed by atoms with E-state index in [2.05, 4.69) is 10.3 Å². The molecule has 0 aliphatic rings. The van der Waals surface area contributed by atoms with Crippen LogP contribution in [-0.2, 0) is 0 Å². The molecule has 0 atom stereocenters. The van der Waals surface area contributed by atoms with Gasteiger partial charge in [0, 0.05) is 11.9 Å². The Kier molecular flexibility index (Phi) is 3.23. The van der Waals surface area contributed by atoms with E-state index in [1.54, 1.807) is 12.1 Å². The molecule has 1 aromatic heterocycles. The van der Waals surface area contributed by atoms with Crippen molar-refractivity contribution in [2.75, 3.05) is 11.1 Å². The number of amides is 1. The molecule has 0 aliphatic heterocycles. The minimum atomic E-state index is -0.442. The van der Waals surface area contributed by atoms with E-state index in [0.717, 1.165) is 11.8 Å². The number of nitrogens with zero attached hydrogens (tertiary/aromatic N) is 1. The minimum absolute atomic E-state index is 0.184. The van der Waals surface area contributed by atoms with Crippen LogP contribution in [0, 0.1) is 12.7 Å². The van der Waals surface area contributed by atoms with Gasteiger partial charge in [-0.05, 0) is 37.3 Å². The highest BCUT2D eigenvalue weighted by atomic mass is 19.1. The second kappa shape index (κ2) is 4.83. The molecule has 2 aromatic rings. The summed E-state index contributed by atoms with van der Waals surface area (Å²) in [7, 11) is 0. The fourth-order valence-corrected chi connectivity index (χ4v) is 1.44. The first-order valence-electron chi connectivity index (χ1n) is 5.35. The van der Waals surface area contributed by atoms with Gasteiger partial charge in [0.15, 0.2) is 0 Å². The Bertz CT molecular complexity index is 581. The molecule has 18 heavy (non-hydrogen) atoms. The van der Waals surface area contributed by atoms with Crippen LogP contribution < -0.4 is 11.1 Å². The number of nitrogen functional groups attached to an aromatic ring is 1. The predicted octanol–water partition coefficient (Wildman–Crippen LogP) is 2.36. The summed E-state index contributed by atoms with van der Waals surface area (Å²) in [6, 6.07) is 7.22. The van der Waals surface area contributed by atoms with Crippen LogP contribution in [0.3, 0.4) is 0 Å². The number of benzene rings is 1. The first kappa shape index (κ1) is 12.0. The second-order valence-corrected chi connectivity index (χ2v) is 3.87. The Morgan fingerprint density at radius 3 is 2.72 bits per heavy atom. The molecule has 4 nitrogen and oxygen atoms in total. The maximum Gasteiger partial charge on any atom is 0.257 e. The van der Waals surface area contributed by atoms with E-state index in [1.165, 1.54) is 18.3 Å². The van der Waals surface area contributed by atoms with Crippen LogP contribution in [0.1, 0.15) is 16.1 Å². The number of nitrogens with two attached hydrogens (primary N) is 1. The Morgan fingerprint density at radius 1 is 1.33 bits per heavy atom. The number of aromatic nitrogens is 1. The van der Waals surface area contributed by atoms with Crippen molar-refractivity contribution in [3.05, 3.63) is 53.6 Å². The summed E-state index contributed by atoms with van der Waals surface area (Å²) in [5.41, 5.74) is 7.41. The number of rotatable bonds is 2. The second-order valence-electron chi connectivity index (χ2n) is 3.87. The number of anilines is 2. The van der Waals surface area contributed by atoms with Crippen molar-refractivity contribution in [3.8, 4) is 0 Å². The predicted molar refractivity (Wildman–Crippen MR) is 67.7 cm³/mol. The van der Waals surface area contributed by atoms with Crippen molar-refractivity contribution in [2.24, 2.45) is 0 Å². The zero-order valence-corrected chi connectivity index (χ0v) is 9.77. The molecule has 5 heteroatoms. The maximum absolute atomic E-state index is 12.8. The third-order valence-electron chi connectivity index (χ3n) is 2.44. The van der Waals surface area contributed by atoms with E-state index >= 15 is 0 Å². The summed E-state index contributed by atoms with van der Waals surface area (Å²) in [5, 5.41) is 2.60. The quantitative estimate of drug-likeness (QED) is 0.798. The molecule has 0 spiro atoms. The zero-order valence-electron chi connectivity index (χ0n) is 9.77. The van der Waals surface area contributed by atoms with Crippen LogP contribution in [0.2, 0.25) is 0 Å². The normalized spacial score (nSPS) is 10.1. The number of aryl methyl sites for hydroxylation is 1. The molecule has 0 radical (unpaired) electrons. The molecule has 0 unspecified atom stereocenters. The molecule has 0 saturated heterocycles. The van der Waals surface area contributed by atoms with Gasteiger partial charge in [0.1, 0.15) is 5.82 Å². The van der Waals surface area contributed by atoms with Crippen LogP contribution in [0.5, 0.6) is 0 Å². The van der Waals surface area contributed by atoms with E-state index in [-0.39, 0.29) is 11.6 Å². The molecule has 92 valence electrons. The van der Waals surface area contributed by atoms with E-state index < -0.39 is 5.82 Å². The van der Waals surface area contributed by atoms with Gasteiger partial charge in [-0.1, -0.05) is 0 Å². The summed E-state index contributed by atoms with van der Waals surface area (Å²) >= 11 is 0. The van der Waals surface area contributed by atoms with Gasteiger partial charge < -0.3 is 11.1 Å². The lowest BCUT2D eigenvalue weighted by Crippen LogP contribution is -2.13. The van der Waals surface area contributed by atoms with Crippen molar-refractivity contribution in [1.29, 1.82) is 0 Å². The van der Waals surface area contributed by atoms with Crippen molar-refractivity contribution in [2.45, 2.75) is 6.92 Å². The molecule has 1 aromatic carbocycles. The van der Waals surface area contributed by atoms with Gasteiger partial charge in [0.05, 0.1) is 16.9 Å². The number of pyridine rings is 1. The fourth-order valence-electron chi connectivity index (χ4n) is 1.44. The largest absolute Gasteiger partial charge is 0.397 e. The highest BCUT2D eigenvalue weighted by molar-refractivity contribution is 6.05. The van der Waals surface area contributed by atoms with Gasteiger partial charge in [0.25, 0.3) is 5.91 Å². The van der Waals surface area contributed by atoms with E-state index in [9.17, 15) is 9.18 Å². The lowest BCUT2D eigenvalue weighted by atomic mass is 10.2. The van der Waals surface area contributed by atoms with Crippen LogP contribution in [0.4, 0.5) is 15.8 Å². The molecule has 1 amide bonds. The number of carbonyl (C=O) groups excluding carboxylic acids is 1. The molecule has 0 bridgehead atoms. The summed E-state index contributed by atoms with van der Waals surface area (Å²) in [6.45, 7) is 1.83. The summed E-state index contributed by atoms with van der Waals surface area (Å²) in [5.74, 6) is -0.775. The van der Waals surface area contributed by atoms with Crippen LogP contribution in [-0.4, -0.2) is 10.9 Å². The molecule has 1 heterocycles. The van der Waals surface area contributed by atoms with Crippen LogP contribution >= 0.6 is 0 Å². The first-order valence-corrected chi connectivity index (χ1v) is 5.35. The lowest BCUT2D eigenvalue weighted by Gasteiger charge is -2.08. The van der Waals surface area contributed by atoms with Crippen LogP contribution in [0.25, 0.3) is 0 Å². The summed E-state index contributed by atoms with van der Waals surface area (Å²) in [4.78, 5) is 15.9. The van der Waals surface area contributed by atoms with E-state index in [1.807, 2.05) is 6.92 Å². The van der Waals surface area contributed by atoms with Crippen molar-refractivity contribution in [3.63, 3.8) is 0 Å². The van der Waals surface area contributed by atoms with Gasteiger partial charge in [0.2, 0.25) is 0 Å². The van der Waals surface area contributed by atoms with Gasteiger partial charge in [-0.2, -0.15) is 0 Å². The number of hydrogen-bond acceptors (Lipinski definition) is 3. The molecule has 0 aliphatic carbocycles. The Hall–Kier alpha value is -2.43. The number of carbonyl (C=O) groups is 1. The van der Waals surface area contributed by atoms with Crippen molar-refractivity contribution < 1.29 is 9.18 Å². The van der Waals surface area contributed by atoms with Crippen LogP contribution in [0.15, 0.2) is 36.5 Å². The molecular formula is C13H12FN3O. The van der Waals surface area contributed by atoms with E-state index in [0.29, 0.717) is 11.3 Å². The van der Waals surface area contributed by atoms with Crippen molar-refractivity contribution >= 4 is 17.3 Å². The SMILES string of the molecule is Cc1ccc(C(=O)Nc2ccc(F)cc2N)cn1. The topological polar surface area (TPSA) is 68.0 Å².